The van der Waals surface area contributed by atoms with Gasteiger partial charge in [-0.25, -0.2) is 4.98 Å². The van der Waals surface area contributed by atoms with Crippen molar-refractivity contribution in [3.63, 3.8) is 0 Å². The predicted octanol–water partition coefficient (Wildman–Crippen LogP) is 3.55. The molecule has 126 valence electrons. The number of rotatable bonds is 5. The van der Waals surface area contributed by atoms with Crippen LogP contribution in [0.25, 0.3) is 11.0 Å². The van der Waals surface area contributed by atoms with E-state index >= 15 is 0 Å². The fourth-order valence-corrected chi connectivity index (χ4v) is 2.83. The van der Waals surface area contributed by atoms with Gasteiger partial charge in [-0.1, -0.05) is 38.1 Å². The monoisotopic (exact) mass is 326 g/mol. The van der Waals surface area contributed by atoms with Gasteiger partial charge in [0.2, 0.25) is 0 Å². The molecule has 3 aromatic rings. The van der Waals surface area contributed by atoms with Gasteiger partial charge in [0, 0.05) is 0 Å². The fourth-order valence-electron chi connectivity index (χ4n) is 2.83. The number of para-hydroxylation sites is 2. The number of nitrogens with one attached hydrogen (secondary N) is 2. The molecule has 24 heavy (non-hydrogen) atoms. The van der Waals surface area contributed by atoms with Gasteiger partial charge in [-0.2, -0.15) is 0 Å². The number of hydrogen-bond donors (Lipinski definition) is 2. The van der Waals surface area contributed by atoms with Gasteiger partial charge in [-0.05, 0) is 31.4 Å². The molecule has 1 amide bonds. The molecule has 1 aromatic carbocycles. The largest absolute Gasteiger partial charge is 0.361 e. The van der Waals surface area contributed by atoms with Crippen molar-refractivity contribution in [1.82, 2.24) is 20.4 Å². The number of aryl methyl sites for hydroxylation is 2. The van der Waals surface area contributed by atoms with Crippen LogP contribution < -0.4 is 5.32 Å². The highest BCUT2D eigenvalue weighted by atomic mass is 16.5. The Balaban J connectivity index is 1.91. The average Bonchev–Trinajstić information content (AvgIpc) is 3.14. The third kappa shape index (κ3) is 2.91. The second kappa shape index (κ2) is 6.47. The van der Waals surface area contributed by atoms with Gasteiger partial charge >= 0.3 is 0 Å². The molecule has 2 heterocycles. The minimum absolute atomic E-state index is 0.176. The Morgan fingerprint density at radius 1 is 1.33 bits per heavy atom. The van der Waals surface area contributed by atoms with E-state index in [4.69, 9.17) is 4.52 Å². The highest BCUT2D eigenvalue weighted by Crippen LogP contribution is 2.23. The number of H-pyrrole nitrogens is 1. The van der Waals surface area contributed by atoms with E-state index in [1.807, 2.05) is 31.2 Å². The fraction of sp³-hybridized carbons (Fsp3) is 0.389. The second-order valence-electron chi connectivity index (χ2n) is 6.25. The van der Waals surface area contributed by atoms with Gasteiger partial charge in [-0.3, -0.25) is 4.79 Å². The topological polar surface area (TPSA) is 83.8 Å². The van der Waals surface area contributed by atoms with Crippen LogP contribution in [0.4, 0.5) is 0 Å². The van der Waals surface area contributed by atoms with Crippen LogP contribution in [0, 0.1) is 12.8 Å². The van der Waals surface area contributed by atoms with E-state index < -0.39 is 0 Å². The first-order valence-corrected chi connectivity index (χ1v) is 8.22. The van der Waals surface area contributed by atoms with Crippen molar-refractivity contribution in [2.75, 3.05) is 0 Å². The number of imidazole rings is 1. The summed E-state index contributed by atoms with van der Waals surface area (Å²) in [5, 5.41) is 7.03. The van der Waals surface area contributed by atoms with E-state index in [9.17, 15) is 4.79 Å². The van der Waals surface area contributed by atoms with Crippen LogP contribution in [0.3, 0.4) is 0 Å². The zero-order chi connectivity index (χ0) is 17.3. The van der Waals surface area contributed by atoms with Gasteiger partial charge in [0.1, 0.15) is 17.1 Å². The first-order chi connectivity index (χ1) is 11.5. The summed E-state index contributed by atoms with van der Waals surface area (Å²) < 4.78 is 5.17. The van der Waals surface area contributed by atoms with Crippen LogP contribution in [0.15, 0.2) is 28.8 Å². The average molecular weight is 326 g/mol. The van der Waals surface area contributed by atoms with E-state index in [2.05, 4.69) is 34.3 Å². The summed E-state index contributed by atoms with van der Waals surface area (Å²) in [6.07, 6.45) is 0.650. The first kappa shape index (κ1) is 16.2. The summed E-state index contributed by atoms with van der Waals surface area (Å²) in [5.41, 5.74) is 3.06. The Morgan fingerprint density at radius 3 is 2.75 bits per heavy atom. The number of fused-ring (bicyclic) bond motifs is 1. The van der Waals surface area contributed by atoms with Crippen LogP contribution in [0.2, 0.25) is 0 Å². The van der Waals surface area contributed by atoms with Crippen molar-refractivity contribution in [2.45, 2.75) is 40.2 Å². The maximum atomic E-state index is 12.8. The van der Waals surface area contributed by atoms with Gasteiger partial charge < -0.3 is 14.8 Å². The molecule has 0 fully saturated rings. The molecule has 6 nitrogen and oxygen atoms in total. The molecule has 2 N–H and O–H groups in total. The van der Waals surface area contributed by atoms with E-state index in [0.29, 0.717) is 23.4 Å². The van der Waals surface area contributed by atoms with Crippen LogP contribution in [-0.4, -0.2) is 21.0 Å². The highest BCUT2D eigenvalue weighted by Gasteiger charge is 2.26. The zero-order valence-corrected chi connectivity index (χ0v) is 14.4. The molecule has 0 spiro atoms. The third-order valence-electron chi connectivity index (χ3n) is 4.15. The van der Waals surface area contributed by atoms with Crippen molar-refractivity contribution < 1.29 is 9.32 Å². The smallest absolute Gasteiger partial charge is 0.257 e. The van der Waals surface area contributed by atoms with Crippen LogP contribution in [0.1, 0.15) is 54.4 Å². The van der Waals surface area contributed by atoms with Gasteiger partial charge in [0.25, 0.3) is 5.91 Å². The Bertz CT molecular complexity index is 830. The lowest BCUT2D eigenvalue weighted by Gasteiger charge is -2.20. The summed E-state index contributed by atoms with van der Waals surface area (Å²) in [5.74, 6) is 1.30. The zero-order valence-electron chi connectivity index (χ0n) is 14.4. The lowest BCUT2D eigenvalue weighted by molar-refractivity contribution is 0.0921. The third-order valence-corrected chi connectivity index (χ3v) is 4.15. The quantitative estimate of drug-likeness (QED) is 0.751. The van der Waals surface area contributed by atoms with Crippen molar-refractivity contribution >= 4 is 16.9 Å². The number of aromatic amines is 1. The molecule has 2 aromatic heterocycles. The minimum Gasteiger partial charge on any atom is -0.361 e. The Morgan fingerprint density at radius 2 is 2.08 bits per heavy atom. The molecule has 0 aliphatic carbocycles. The number of carbonyl (C=O) groups is 1. The lowest BCUT2D eigenvalue weighted by atomic mass is 10.0. The first-order valence-electron chi connectivity index (χ1n) is 8.22. The summed E-state index contributed by atoms with van der Waals surface area (Å²) in [6, 6.07) is 7.62. The van der Waals surface area contributed by atoms with E-state index in [-0.39, 0.29) is 17.9 Å². The van der Waals surface area contributed by atoms with Crippen molar-refractivity contribution in [3.05, 3.63) is 47.1 Å². The highest BCUT2D eigenvalue weighted by molar-refractivity contribution is 5.96. The van der Waals surface area contributed by atoms with Crippen molar-refractivity contribution in [1.29, 1.82) is 0 Å². The summed E-state index contributed by atoms with van der Waals surface area (Å²) in [7, 11) is 0. The normalized spacial score (nSPS) is 12.7. The summed E-state index contributed by atoms with van der Waals surface area (Å²) >= 11 is 0. The van der Waals surface area contributed by atoms with Gasteiger partial charge in [0.15, 0.2) is 0 Å². The SMILES string of the molecule is CCc1noc(C)c1C(=O)N[C@@H](c1nc2ccccc2[nH]1)C(C)C. The number of nitrogens with zero attached hydrogens (tertiary/aromatic N) is 2. The predicted molar refractivity (Wildman–Crippen MR) is 91.8 cm³/mol. The standard InChI is InChI=1S/C18H22N4O2/c1-5-12-15(11(4)24-22-12)18(23)21-16(10(2)3)17-19-13-8-6-7-9-14(13)20-17/h6-10,16H,5H2,1-4H3,(H,19,20)(H,21,23)/t16-/m1/s1. The van der Waals surface area contributed by atoms with E-state index in [1.165, 1.54) is 0 Å². The molecule has 0 unspecified atom stereocenters. The Kier molecular flexibility index (Phi) is 4.38. The van der Waals surface area contributed by atoms with E-state index in [0.717, 1.165) is 16.9 Å². The minimum atomic E-state index is -0.219. The van der Waals surface area contributed by atoms with Crippen molar-refractivity contribution in [3.8, 4) is 0 Å². The molecule has 0 saturated heterocycles. The summed E-state index contributed by atoms with van der Waals surface area (Å²) in [4.78, 5) is 20.7. The maximum absolute atomic E-state index is 12.8. The molecule has 0 radical (unpaired) electrons. The van der Waals surface area contributed by atoms with Gasteiger partial charge in [-0.15, -0.1) is 0 Å². The molecule has 0 saturated carbocycles. The number of aromatic nitrogens is 3. The van der Waals surface area contributed by atoms with Crippen LogP contribution in [-0.2, 0) is 6.42 Å². The van der Waals surface area contributed by atoms with E-state index in [1.54, 1.807) is 6.92 Å². The second-order valence-corrected chi connectivity index (χ2v) is 6.25. The number of amides is 1. The Hall–Kier alpha value is -2.63. The molecule has 0 aliphatic rings. The molecular weight excluding hydrogens is 304 g/mol. The van der Waals surface area contributed by atoms with Crippen LogP contribution >= 0.6 is 0 Å². The Labute approximate surface area is 140 Å². The molecule has 6 heteroatoms. The van der Waals surface area contributed by atoms with Crippen molar-refractivity contribution in [2.24, 2.45) is 5.92 Å². The number of carbonyl (C=O) groups excluding carboxylic acids is 1. The molecular formula is C18H22N4O2. The summed E-state index contributed by atoms with van der Waals surface area (Å²) in [6.45, 7) is 7.82. The lowest BCUT2D eigenvalue weighted by Crippen LogP contribution is -2.33. The van der Waals surface area contributed by atoms with Crippen LogP contribution in [0.5, 0.6) is 0 Å². The molecule has 3 rings (SSSR count). The molecule has 1 atom stereocenters. The molecule has 0 aliphatic heterocycles. The maximum Gasteiger partial charge on any atom is 0.257 e. The van der Waals surface area contributed by atoms with Gasteiger partial charge in [0.05, 0.1) is 22.8 Å². The number of hydrogen-bond acceptors (Lipinski definition) is 4. The number of benzene rings is 1. The molecule has 0 bridgehead atoms.